The molecule has 0 aliphatic rings. The summed E-state index contributed by atoms with van der Waals surface area (Å²) in [6.07, 6.45) is 7.48. The lowest BCUT2D eigenvalue weighted by Crippen LogP contribution is -1.89. The number of hydrogen-bond donors (Lipinski definition) is 0. The Morgan fingerprint density at radius 3 is 2.41 bits per heavy atom. The summed E-state index contributed by atoms with van der Waals surface area (Å²) in [6, 6.07) is 9.67. The van der Waals surface area contributed by atoms with Crippen LogP contribution in [0.4, 0.5) is 0 Å². The molecule has 2 nitrogen and oxygen atoms in total. The molecule has 0 aliphatic heterocycles. The van der Waals surface area contributed by atoms with Crippen molar-refractivity contribution >= 4 is 17.7 Å². The molecular formula is C14H13ClN2. The van der Waals surface area contributed by atoms with E-state index >= 15 is 0 Å². The Morgan fingerprint density at radius 2 is 1.76 bits per heavy atom. The van der Waals surface area contributed by atoms with Crippen LogP contribution in [0.1, 0.15) is 24.2 Å². The van der Waals surface area contributed by atoms with Crippen LogP contribution in [0.25, 0.3) is 6.08 Å². The van der Waals surface area contributed by atoms with Crippen molar-refractivity contribution in [2.75, 3.05) is 0 Å². The molecule has 86 valence electrons. The summed E-state index contributed by atoms with van der Waals surface area (Å²) >= 11 is 5.85. The van der Waals surface area contributed by atoms with Gasteiger partial charge in [-0.2, -0.15) is 0 Å². The van der Waals surface area contributed by atoms with Crippen LogP contribution in [0.5, 0.6) is 0 Å². The maximum Gasteiger partial charge on any atom is 0.151 e. The van der Waals surface area contributed by atoms with Crippen molar-refractivity contribution in [2.24, 2.45) is 0 Å². The van der Waals surface area contributed by atoms with Gasteiger partial charge in [0.2, 0.25) is 0 Å². The van der Waals surface area contributed by atoms with Gasteiger partial charge in [0.25, 0.3) is 0 Å². The molecule has 1 atom stereocenters. The van der Waals surface area contributed by atoms with E-state index in [4.69, 9.17) is 11.6 Å². The van der Waals surface area contributed by atoms with Gasteiger partial charge in [0, 0.05) is 17.4 Å². The number of hydrogen-bond acceptors (Lipinski definition) is 2. The average molecular weight is 245 g/mol. The fraction of sp³-hybridized carbons (Fsp3) is 0.143. The van der Waals surface area contributed by atoms with Gasteiger partial charge in [-0.25, -0.2) is 9.97 Å². The summed E-state index contributed by atoms with van der Waals surface area (Å²) in [7, 11) is 0. The van der Waals surface area contributed by atoms with E-state index in [-0.39, 0.29) is 0 Å². The summed E-state index contributed by atoms with van der Waals surface area (Å²) in [5.74, 6) is 1.05. The van der Waals surface area contributed by atoms with E-state index in [1.165, 1.54) is 5.56 Å². The minimum absolute atomic E-state index is 0.316. The van der Waals surface area contributed by atoms with Crippen LogP contribution in [-0.2, 0) is 0 Å². The first-order valence-electron chi connectivity index (χ1n) is 5.46. The van der Waals surface area contributed by atoms with Gasteiger partial charge in [0.05, 0.1) is 0 Å². The first kappa shape index (κ1) is 11.8. The molecule has 17 heavy (non-hydrogen) atoms. The lowest BCUT2D eigenvalue weighted by atomic mass is 10.0. The molecule has 0 bridgehead atoms. The molecule has 2 aromatic rings. The maximum absolute atomic E-state index is 5.85. The summed E-state index contributed by atoms with van der Waals surface area (Å²) in [5.41, 5.74) is 1.22. The first-order chi connectivity index (χ1) is 8.25. The molecule has 0 N–H and O–H groups in total. The number of aromatic nitrogens is 2. The molecule has 0 amide bonds. The van der Waals surface area contributed by atoms with Crippen molar-refractivity contribution in [2.45, 2.75) is 12.8 Å². The molecule has 0 radical (unpaired) electrons. The van der Waals surface area contributed by atoms with Crippen LogP contribution < -0.4 is 0 Å². The Kier molecular flexibility index (Phi) is 3.89. The molecule has 0 saturated heterocycles. The molecule has 1 aromatic carbocycles. The molecule has 3 heteroatoms. The van der Waals surface area contributed by atoms with Gasteiger partial charge < -0.3 is 0 Å². The van der Waals surface area contributed by atoms with Crippen molar-refractivity contribution in [1.29, 1.82) is 0 Å². The molecule has 1 heterocycles. The Hall–Kier alpha value is -1.67. The van der Waals surface area contributed by atoms with Crippen molar-refractivity contribution < 1.29 is 0 Å². The lowest BCUT2D eigenvalue weighted by Gasteiger charge is -2.06. The van der Waals surface area contributed by atoms with E-state index in [1.54, 1.807) is 18.5 Å². The quantitative estimate of drug-likeness (QED) is 0.817. The van der Waals surface area contributed by atoms with E-state index in [1.807, 2.05) is 30.3 Å². The summed E-state index contributed by atoms with van der Waals surface area (Å²) < 4.78 is 0. The van der Waals surface area contributed by atoms with Gasteiger partial charge >= 0.3 is 0 Å². The Balaban J connectivity index is 2.09. The molecule has 1 aromatic heterocycles. The Morgan fingerprint density at radius 1 is 1.12 bits per heavy atom. The third kappa shape index (κ3) is 3.40. The fourth-order valence-electron chi connectivity index (χ4n) is 1.50. The maximum atomic E-state index is 5.85. The number of halogens is 1. The monoisotopic (exact) mass is 244 g/mol. The zero-order valence-electron chi connectivity index (χ0n) is 9.55. The van der Waals surface area contributed by atoms with Crippen LogP contribution >= 0.6 is 11.6 Å². The van der Waals surface area contributed by atoms with Crippen LogP contribution in [0.3, 0.4) is 0 Å². The molecule has 1 unspecified atom stereocenters. The largest absolute Gasteiger partial charge is 0.237 e. The second-order valence-corrected chi connectivity index (χ2v) is 4.24. The smallest absolute Gasteiger partial charge is 0.151 e. The number of benzene rings is 1. The van der Waals surface area contributed by atoms with Gasteiger partial charge in [0.15, 0.2) is 5.82 Å². The number of allylic oxidation sites excluding steroid dienone is 1. The average Bonchev–Trinajstić information content (AvgIpc) is 2.38. The zero-order valence-corrected chi connectivity index (χ0v) is 10.3. The van der Waals surface area contributed by atoms with Crippen LogP contribution in [0.2, 0.25) is 5.02 Å². The molecule has 0 fully saturated rings. The highest BCUT2D eigenvalue weighted by Crippen LogP contribution is 2.19. The van der Waals surface area contributed by atoms with E-state index in [0.717, 1.165) is 10.8 Å². The minimum Gasteiger partial charge on any atom is -0.237 e. The molecular weight excluding hydrogens is 232 g/mol. The molecule has 0 aliphatic carbocycles. The standard InChI is InChI=1S/C14H13ClN2/c1-11(12-4-6-13(15)7-5-12)3-8-14-16-9-2-10-17-14/h2-11H,1H3. The normalized spacial score (nSPS) is 12.8. The van der Waals surface area contributed by atoms with Crippen molar-refractivity contribution in [3.63, 3.8) is 0 Å². The fourth-order valence-corrected chi connectivity index (χ4v) is 1.63. The Labute approximate surface area is 106 Å². The zero-order chi connectivity index (χ0) is 12.1. The van der Waals surface area contributed by atoms with E-state index in [9.17, 15) is 0 Å². The first-order valence-corrected chi connectivity index (χ1v) is 5.84. The van der Waals surface area contributed by atoms with Crippen LogP contribution in [-0.4, -0.2) is 9.97 Å². The van der Waals surface area contributed by atoms with Gasteiger partial charge in [-0.05, 0) is 35.8 Å². The highest BCUT2D eigenvalue weighted by molar-refractivity contribution is 6.30. The second kappa shape index (κ2) is 5.60. The van der Waals surface area contributed by atoms with Crippen LogP contribution in [0.15, 0.2) is 48.8 Å². The molecule has 0 spiro atoms. The van der Waals surface area contributed by atoms with Crippen molar-refractivity contribution in [1.82, 2.24) is 9.97 Å². The minimum atomic E-state index is 0.316. The summed E-state index contributed by atoms with van der Waals surface area (Å²) in [6.45, 7) is 2.13. The van der Waals surface area contributed by atoms with Crippen LogP contribution in [0, 0.1) is 0 Å². The predicted molar refractivity (Wildman–Crippen MR) is 70.9 cm³/mol. The van der Waals surface area contributed by atoms with E-state index < -0.39 is 0 Å². The van der Waals surface area contributed by atoms with E-state index in [2.05, 4.69) is 23.0 Å². The SMILES string of the molecule is CC(C=Cc1ncccn1)c1ccc(Cl)cc1. The third-order valence-electron chi connectivity index (χ3n) is 2.52. The summed E-state index contributed by atoms with van der Waals surface area (Å²) in [5, 5.41) is 0.760. The lowest BCUT2D eigenvalue weighted by molar-refractivity contribution is 0.970. The van der Waals surface area contributed by atoms with Gasteiger partial charge in [0.1, 0.15) is 0 Å². The summed E-state index contributed by atoms with van der Waals surface area (Å²) in [4.78, 5) is 8.28. The Bertz CT molecular complexity index is 491. The second-order valence-electron chi connectivity index (χ2n) is 3.81. The number of nitrogens with zero attached hydrogens (tertiary/aromatic N) is 2. The van der Waals surface area contributed by atoms with Gasteiger partial charge in [-0.1, -0.05) is 36.7 Å². The van der Waals surface area contributed by atoms with E-state index in [0.29, 0.717) is 5.92 Å². The highest BCUT2D eigenvalue weighted by atomic mass is 35.5. The van der Waals surface area contributed by atoms with Gasteiger partial charge in [-0.3, -0.25) is 0 Å². The third-order valence-corrected chi connectivity index (χ3v) is 2.77. The topological polar surface area (TPSA) is 25.8 Å². The van der Waals surface area contributed by atoms with Crippen molar-refractivity contribution in [3.05, 3.63) is 65.2 Å². The number of rotatable bonds is 3. The highest BCUT2D eigenvalue weighted by Gasteiger charge is 2.00. The molecule has 2 rings (SSSR count). The molecule has 0 saturated carbocycles. The van der Waals surface area contributed by atoms with Crippen molar-refractivity contribution in [3.8, 4) is 0 Å². The van der Waals surface area contributed by atoms with Gasteiger partial charge in [-0.15, -0.1) is 0 Å². The predicted octanol–water partition coefficient (Wildman–Crippen LogP) is 3.95.